The molecule has 2 heteroatoms. The lowest BCUT2D eigenvalue weighted by Crippen LogP contribution is -1.84. The topological polar surface area (TPSA) is 26.0 Å². The molecule has 0 spiro atoms. The molecule has 0 saturated heterocycles. The van der Waals surface area contributed by atoms with Crippen LogP contribution in [0, 0.1) is 6.92 Å². The second kappa shape index (κ2) is 3.04. The molecule has 0 saturated carbocycles. The highest BCUT2D eigenvalue weighted by molar-refractivity contribution is 7.19. The van der Waals surface area contributed by atoms with Gasteiger partial charge in [-0.05, 0) is 18.9 Å². The van der Waals surface area contributed by atoms with Gasteiger partial charge in [0.1, 0.15) is 0 Å². The Balaban J connectivity index is 2.84. The molecule has 0 fully saturated rings. The predicted octanol–water partition coefficient (Wildman–Crippen LogP) is 3.35. The van der Waals surface area contributed by atoms with Crippen molar-refractivity contribution in [2.75, 3.05) is 5.73 Å². The Morgan fingerprint density at radius 3 is 2.85 bits per heavy atom. The summed E-state index contributed by atoms with van der Waals surface area (Å²) in [7, 11) is 0. The molecule has 2 aromatic rings. The Bertz CT molecular complexity index is 443. The van der Waals surface area contributed by atoms with Crippen LogP contribution in [0.25, 0.3) is 10.1 Å². The van der Waals surface area contributed by atoms with E-state index in [0.717, 1.165) is 12.1 Å². The van der Waals surface area contributed by atoms with Gasteiger partial charge in [-0.1, -0.05) is 25.1 Å². The van der Waals surface area contributed by atoms with Gasteiger partial charge >= 0.3 is 0 Å². The van der Waals surface area contributed by atoms with E-state index < -0.39 is 0 Å². The van der Waals surface area contributed by atoms with Crippen molar-refractivity contribution in [1.82, 2.24) is 0 Å². The van der Waals surface area contributed by atoms with Crippen molar-refractivity contribution in [2.24, 2.45) is 0 Å². The zero-order valence-electron chi connectivity index (χ0n) is 7.92. The summed E-state index contributed by atoms with van der Waals surface area (Å²) >= 11 is 1.80. The van der Waals surface area contributed by atoms with E-state index in [-0.39, 0.29) is 0 Å². The SMILES string of the molecule is CCc1cccc2c(N)c(C)sc12. The van der Waals surface area contributed by atoms with Gasteiger partial charge in [-0.25, -0.2) is 0 Å². The number of aryl methyl sites for hydroxylation is 2. The molecule has 0 aliphatic carbocycles. The Morgan fingerprint density at radius 1 is 1.38 bits per heavy atom. The summed E-state index contributed by atoms with van der Waals surface area (Å²) in [6.07, 6.45) is 1.08. The molecule has 0 radical (unpaired) electrons. The second-order valence-corrected chi connectivity index (χ2v) is 4.44. The molecule has 0 bridgehead atoms. The molecule has 1 nitrogen and oxygen atoms in total. The third kappa shape index (κ3) is 1.22. The van der Waals surface area contributed by atoms with Crippen LogP contribution in [-0.4, -0.2) is 0 Å². The molecule has 68 valence electrons. The Labute approximate surface area is 82.2 Å². The summed E-state index contributed by atoms with van der Waals surface area (Å²) in [4.78, 5) is 1.23. The largest absolute Gasteiger partial charge is 0.397 e. The molecule has 0 aliphatic rings. The van der Waals surface area contributed by atoms with E-state index in [1.807, 2.05) is 0 Å². The highest BCUT2D eigenvalue weighted by Crippen LogP contribution is 2.35. The third-order valence-electron chi connectivity index (χ3n) is 2.40. The Hall–Kier alpha value is -1.02. The van der Waals surface area contributed by atoms with Crippen molar-refractivity contribution in [1.29, 1.82) is 0 Å². The van der Waals surface area contributed by atoms with Crippen molar-refractivity contribution in [2.45, 2.75) is 20.3 Å². The highest BCUT2D eigenvalue weighted by Gasteiger charge is 2.07. The first-order chi connectivity index (χ1) is 6.24. The number of anilines is 1. The second-order valence-electron chi connectivity index (χ2n) is 3.22. The molecule has 13 heavy (non-hydrogen) atoms. The van der Waals surface area contributed by atoms with Crippen LogP contribution in [0.2, 0.25) is 0 Å². The van der Waals surface area contributed by atoms with Crippen LogP contribution in [0.4, 0.5) is 5.69 Å². The fraction of sp³-hybridized carbons (Fsp3) is 0.273. The smallest absolute Gasteiger partial charge is 0.0532 e. The summed E-state index contributed by atoms with van der Waals surface area (Å²) in [6, 6.07) is 6.37. The van der Waals surface area contributed by atoms with E-state index in [1.165, 1.54) is 20.5 Å². The van der Waals surface area contributed by atoms with Gasteiger partial charge in [0, 0.05) is 15.0 Å². The van der Waals surface area contributed by atoms with Gasteiger partial charge in [-0.3, -0.25) is 0 Å². The van der Waals surface area contributed by atoms with E-state index in [9.17, 15) is 0 Å². The molecular formula is C11H13NS. The number of hydrogen-bond acceptors (Lipinski definition) is 2. The summed E-state index contributed by atoms with van der Waals surface area (Å²) < 4.78 is 1.36. The lowest BCUT2D eigenvalue weighted by Gasteiger charge is -1.97. The average Bonchev–Trinajstić information content (AvgIpc) is 2.43. The first kappa shape index (κ1) is 8.57. The molecule has 0 aliphatic heterocycles. The standard InChI is InChI=1S/C11H13NS/c1-3-8-5-4-6-9-10(12)7(2)13-11(8)9/h4-6H,3,12H2,1-2H3. The molecule has 2 N–H and O–H groups in total. The molecule has 1 aromatic heterocycles. The maximum atomic E-state index is 5.97. The van der Waals surface area contributed by atoms with E-state index in [4.69, 9.17) is 5.73 Å². The Kier molecular flexibility index (Phi) is 2.00. The van der Waals surface area contributed by atoms with Gasteiger partial charge in [-0.15, -0.1) is 11.3 Å². The minimum atomic E-state index is 0.954. The zero-order chi connectivity index (χ0) is 9.42. The van der Waals surface area contributed by atoms with Crippen LogP contribution < -0.4 is 5.73 Å². The van der Waals surface area contributed by atoms with Gasteiger partial charge in [0.25, 0.3) is 0 Å². The number of nitrogen functional groups attached to an aromatic ring is 1. The molecule has 2 rings (SSSR count). The van der Waals surface area contributed by atoms with Gasteiger partial charge in [0.2, 0.25) is 0 Å². The lowest BCUT2D eigenvalue weighted by molar-refractivity contribution is 1.16. The maximum absolute atomic E-state index is 5.97. The zero-order valence-corrected chi connectivity index (χ0v) is 8.74. The molecule has 1 aromatic carbocycles. The lowest BCUT2D eigenvalue weighted by atomic mass is 10.1. The quantitative estimate of drug-likeness (QED) is 0.735. The third-order valence-corrected chi connectivity index (χ3v) is 3.61. The van der Waals surface area contributed by atoms with Crippen LogP contribution in [0.1, 0.15) is 17.4 Å². The fourth-order valence-electron chi connectivity index (χ4n) is 1.59. The van der Waals surface area contributed by atoms with Gasteiger partial charge in [0.15, 0.2) is 0 Å². The summed E-state index contributed by atoms with van der Waals surface area (Å²) in [5, 5.41) is 1.22. The number of nitrogens with two attached hydrogens (primary N) is 1. The van der Waals surface area contributed by atoms with E-state index in [1.54, 1.807) is 11.3 Å². The summed E-state index contributed by atoms with van der Waals surface area (Å²) in [5.41, 5.74) is 8.33. The highest BCUT2D eigenvalue weighted by atomic mass is 32.1. The minimum Gasteiger partial charge on any atom is -0.397 e. The van der Waals surface area contributed by atoms with E-state index >= 15 is 0 Å². The monoisotopic (exact) mass is 191 g/mol. The van der Waals surface area contributed by atoms with Crippen LogP contribution in [-0.2, 0) is 6.42 Å². The Morgan fingerprint density at radius 2 is 2.15 bits per heavy atom. The molecule has 0 amide bonds. The number of thiophene rings is 1. The summed E-state index contributed by atoms with van der Waals surface area (Å²) in [6.45, 7) is 4.26. The number of hydrogen-bond donors (Lipinski definition) is 1. The van der Waals surface area contributed by atoms with Gasteiger partial charge < -0.3 is 5.73 Å². The van der Waals surface area contributed by atoms with Crippen LogP contribution in [0.3, 0.4) is 0 Å². The number of rotatable bonds is 1. The first-order valence-electron chi connectivity index (χ1n) is 4.50. The van der Waals surface area contributed by atoms with Crippen molar-refractivity contribution in [3.05, 3.63) is 28.6 Å². The molecule has 0 unspecified atom stereocenters. The van der Waals surface area contributed by atoms with Crippen LogP contribution in [0.5, 0.6) is 0 Å². The molecule has 0 atom stereocenters. The number of fused-ring (bicyclic) bond motifs is 1. The van der Waals surface area contributed by atoms with Gasteiger partial charge in [-0.2, -0.15) is 0 Å². The van der Waals surface area contributed by atoms with Crippen LogP contribution >= 0.6 is 11.3 Å². The van der Waals surface area contributed by atoms with Crippen molar-refractivity contribution >= 4 is 27.1 Å². The fourth-order valence-corrected chi connectivity index (χ4v) is 2.75. The summed E-state index contributed by atoms with van der Waals surface area (Å²) in [5.74, 6) is 0. The van der Waals surface area contributed by atoms with Gasteiger partial charge in [0.05, 0.1) is 5.69 Å². The molecule has 1 heterocycles. The van der Waals surface area contributed by atoms with Crippen LogP contribution in [0.15, 0.2) is 18.2 Å². The van der Waals surface area contributed by atoms with E-state index in [0.29, 0.717) is 0 Å². The minimum absolute atomic E-state index is 0.954. The van der Waals surface area contributed by atoms with Crippen molar-refractivity contribution in [3.63, 3.8) is 0 Å². The average molecular weight is 191 g/mol. The normalized spacial score (nSPS) is 10.9. The number of benzene rings is 1. The van der Waals surface area contributed by atoms with Crippen molar-refractivity contribution < 1.29 is 0 Å². The van der Waals surface area contributed by atoms with E-state index in [2.05, 4.69) is 32.0 Å². The predicted molar refractivity (Wildman–Crippen MR) is 60.4 cm³/mol. The first-order valence-corrected chi connectivity index (χ1v) is 5.32. The van der Waals surface area contributed by atoms with Crippen molar-refractivity contribution in [3.8, 4) is 0 Å². The maximum Gasteiger partial charge on any atom is 0.0532 e. The molecular weight excluding hydrogens is 178 g/mol.